The van der Waals surface area contributed by atoms with Crippen LogP contribution in [0, 0.1) is 0 Å². The molecule has 7 nitrogen and oxygen atoms in total. The lowest BCUT2D eigenvalue weighted by Crippen LogP contribution is -2.12. The highest BCUT2D eigenvalue weighted by Crippen LogP contribution is 2.16. The molecule has 1 heterocycles. The molecular formula is C13H14BN3O4S. The second-order valence-corrected chi connectivity index (χ2v) is 6.39. The van der Waals surface area contributed by atoms with Gasteiger partial charge in [0.25, 0.3) is 7.12 Å². The van der Waals surface area contributed by atoms with Crippen LogP contribution in [0.2, 0.25) is 0 Å². The molecule has 0 saturated heterocycles. The minimum atomic E-state index is -3.33. The molecule has 0 radical (unpaired) electrons. The molecule has 0 atom stereocenters. The van der Waals surface area contributed by atoms with Crippen molar-refractivity contribution in [3.8, 4) is 5.75 Å². The summed E-state index contributed by atoms with van der Waals surface area (Å²) < 4.78 is 30.3. The van der Waals surface area contributed by atoms with E-state index < -0.39 is 15.8 Å². The molecule has 2 rings (SSSR count). The molecule has 0 unspecified atom stereocenters. The van der Waals surface area contributed by atoms with E-state index in [2.05, 4.69) is 9.71 Å². The second kappa shape index (κ2) is 6.48. The third kappa shape index (κ3) is 4.78. The summed E-state index contributed by atoms with van der Waals surface area (Å²) in [5, 5.41) is 0. The zero-order valence-corrected chi connectivity index (χ0v) is 12.6. The molecule has 0 spiro atoms. The van der Waals surface area contributed by atoms with Gasteiger partial charge in [-0.2, -0.15) is 0 Å². The number of aromatic nitrogens is 1. The van der Waals surface area contributed by atoms with Crippen molar-refractivity contribution in [2.24, 2.45) is 5.73 Å². The van der Waals surface area contributed by atoms with E-state index >= 15 is 0 Å². The number of rotatable bonds is 6. The van der Waals surface area contributed by atoms with Crippen LogP contribution in [0.1, 0.15) is 15.9 Å². The third-order valence-electron chi connectivity index (χ3n) is 2.63. The number of amides is 1. The van der Waals surface area contributed by atoms with Crippen LogP contribution in [-0.2, 0) is 16.5 Å². The van der Waals surface area contributed by atoms with Gasteiger partial charge in [-0.3, -0.25) is 14.5 Å². The van der Waals surface area contributed by atoms with Gasteiger partial charge in [-0.15, -0.1) is 0 Å². The highest BCUT2D eigenvalue weighted by atomic mass is 32.2. The van der Waals surface area contributed by atoms with Crippen LogP contribution in [0.5, 0.6) is 5.75 Å². The zero-order chi connectivity index (χ0) is 16.2. The van der Waals surface area contributed by atoms with Crippen LogP contribution in [0.3, 0.4) is 0 Å². The van der Waals surface area contributed by atoms with Crippen molar-refractivity contribution < 1.29 is 17.9 Å². The Morgan fingerprint density at radius 1 is 1.32 bits per heavy atom. The van der Waals surface area contributed by atoms with E-state index in [4.69, 9.17) is 10.5 Å². The van der Waals surface area contributed by atoms with Gasteiger partial charge in [0.05, 0.1) is 11.8 Å². The molecule has 0 aliphatic carbocycles. The number of pyridine rings is 1. The van der Waals surface area contributed by atoms with Crippen LogP contribution in [-0.4, -0.2) is 26.4 Å². The first-order valence-corrected chi connectivity index (χ1v) is 8.17. The molecule has 0 fully saturated rings. The number of nitrogens with one attached hydrogen (secondary N) is 1. The molecule has 1 amide bonds. The van der Waals surface area contributed by atoms with E-state index in [0.717, 1.165) is 12.7 Å². The summed E-state index contributed by atoms with van der Waals surface area (Å²) in [5.41, 5.74) is 6.64. The van der Waals surface area contributed by atoms with Gasteiger partial charge in [0, 0.05) is 11.9 Å². The summed E-state index contributed by atoms with van der Waals surface area (Å²) in [6.45, 7) is 0.198. The van der Waals surface area contributed by atoms with Crippen molar-refractivity contribution in [2.45, 2.75) is 6.61 Å². The molecule has 114 valence electrons. The number of hydrogen-bond donors (Lipinski definition) is 2. The van der Waals surface area contributed by atoms with E-state index in [0.29, 0.717) is 11.4 Å². The normalized spacial score (nSPS) is 10.9. The largest absolute Gasteiger partial charge is 0.487 e. The molecule has 0 aliphatic rings. The fraction of sp³-hybridized carbons (Fsp3) is 0.0769. The number of benzene rings is 1. The number of hydrogen-bond acceptors (Lipinski definition) is 5. The van der Waals surface area contributed by atoms with E-state index in [-0.39, 0.29) is 12.2 Å². The number of carbonyl (C=O) groups excluding carboxylic acids is 1. The molecule has 1 aromatic heterocycles. The van der Waals surface area contributed by atoms with Crippen molar-refractivity contribution in [3.05, 3.63) is 53.9 Å². The highest BCUT2D eigenvalue weighted by molar-refractivity contribution is 8.13. The predicted octanol–water partition coefficient (Wildman–Crippen LogP) is 0.0493. The van der Waals surface area contributed by atoms with Crippen molar-refractivity contribution in [2.75, 3.05) is 4.72 Å². The van der Waals surface area contributed by atoms with Crippen LogP contribution >= 0.6 is 0 Å². The topological polar surface area (TPSA) is 111 Å². The fourth-order valence-electron chi connectivity index (χ4n) is 1.74. The molecular weight excluding hydrogens is 305 g/mol. The quantitative estimate of drug-likeness (QED) is 0.731. The Morgan fingerprint density at radius 2 is 2.09 bits per heavy atom. The first-order valence-electron chi connectivity index (χ1n) is 6.28. The summed E-state index contributed by atoms with van der Waals surface area (Å²) in [6, 6.07) is 8.29. The summed E-state index contributed by atoms with van der Waals surface area (Å²) in [5.74, 6) is -0.185. The van der Waals surface area contributed by atoms with Gasteiger partial charge in [-0.1, -0.05) is 12.1 Å². The average molecular weight is 319 g/mol. The Labute approximate surface area is 128 Å². The number of nitrogens with zero attached hydrogens (tertiary/aromatic N) is 1. The minimum Gasteiger partial charge on any atom is -0.487 e. The maximum Gasteiger partial charge on any atom is 0.282 e. The molecule has 3 N–H and O–H groups in total. The third-order valence-corrected chi connectivity index (χ3v) is 3.24. The molecule has 22 heavy (non-hydrogen) atoms. The Balaban J connectivity index is 2.07. The van der Waals surface area contributed by atoms with Gasteiger partial charge in [0.1, 0.15) is 12.4 Å². The van der Waals surface area contributed by atoms with E-state index in [1.165, 1.54) is 18.5 Å². The molecule has 1 aromatic carbocycles. The Morgan fingerprint density at radius 3 is 2.77 bits per heavy atom. The SMILES string of the molecule is BS(=O)(=O)Nc1cccc(COc2cncc(C(N)=O)c2)c1. The van der Waals surface area contributed by atoms with E-state index in [1.54, 1.807) is 24.3 Å². The van der Waals surface area contributed by atoms with Gasteiger partial charge < -0.3 is 10.5 Å². The van der Waals surface area contributed by atoms with Gasteiger partial charge in [-0.25, -0.2) is 8.42 Å². The average Bonchev–Trinajstić information content (AvgIpc) is 2.44. The minimum absolute atomic E-state index is 0.198. The lowest BCUT2D eigenvalue weighted by Gasteiger charge is -2.09. The van der Waals surface area contributed by atoms with Gasteiger partial charge in [0.2, 0.25) is 5.91 Å². The standard InChI is InChI=1S/C13H14BN3O4S/c14-22(19,20)17-11-3-1-2-9(4-11)8-21-12-5-10(13(15)18)6-16-7-12/h1-7,17H,8,14H2,(H2,15,18). The van der Waals surface area contributed by atoms with E-state index in [9.17, 15) is 13.2 Å². The molecule has 0 bridgehead atoms. The Hall–Kier alpha value is -2.55. The van der Waals surface area contributed by atoms with Gasteiger partial charge in [0.15, 0.2) is 9.87 Å². The highest BCUT2D eigenvalue weighted by Gasteiger charge is 2.05. The van der Waals surface area contributed by atoms with Crippen molar-refractivity contribution >= 4 is 28.6 Å². The van der Waals surface area contributed by atoms with Crippen molar-refractivity contribution in [3.63, 3.8) is 0 Å². The lowest BCUT2D eigenvalue weighted by molar-refractivity contribution is 0.0999. The smallest absolute Gasteiger partial charge is 0.282 e. The van der Waals surface area contributed by atoms with Crippen LogP contribution in [0.25, 0.3) is 0 Å². The lowest BCUT2D eigenvalue weighted by atomic mass is 10.2. The van der Waals surface area contributed by atoms with Crippen molar-refractivity contribution in [1.29, 1.82) is 0 Å². The van der Waals surface area contributed by atoms with Gasteiger partial charge >= 0.3 is 0 Å². The Bertz CT molecular complexity index is 795. The summed E-state index contributed by atoms with van der Waals surface area (Å²) in [7, 11) is -2.25. The van der Waals surface area contributed by atoms with Gasteiger partial charge in [-0.05, 0) is 23.8 Å². The molecule has 0 aliphatic heterocycles. The maximum atomic E-state index is 11.2. The first kappa shape index (κ1) is 15.8. The fourth-order valence-corrected chi connectivity index (χ4v) is 2.29. The predicted molar refractivity (Wildman–Crippen MR) is 84.6 cm³/mol. The molecule has 2 aromatic rings. The first-order chi connectivity index (χ1) is 10.3. The summed E-state index contributed by atoms with van der Waals surface area (Å²) in [6.07, 6.45) is 2.82. The number of anilines is 1. The number of ether oxygens (including phenoxy) is 1. The van der Waals surface area contributed by atoms with Crippen LogP contribution < -0.4 is 15.2 Å². The monoisotopic (exact) mass is 319 g/mol. The summed E-state index contributed by atoms with van der Waals surface area (Å²) in [4.78, 5) is 14.9. The van der Waals surface area contributed by atoms with Crippen molar-refractivity contribution in [1.82, 2.24) is 4.98 Å². The number of primary amides is 1. The second-order valence-electron chi connectivity index (χ2n) is 4.64. The number of carbonyl (C=O) groups is 1. The van der Waals surface area contributed by atoms with Crippen LogP contribution in [0.15, 0.2) is 42.7 Å². The molecule has 0 saturated carbocycles. The summed E-state index contributed by atoms with van der Waals surface area (Å²) >= 11 is 0. The van der Waals surface area contributed by atoms with Crippen LogP contribution in [0.4, 0.5) is 5.69 Å². The zero-order valence-electron chi connectivity index (χ0n) is 11.8. The van der Waals surface area contributed by atoms with E-state index in [1.807, 2.05) is 0 Å². The maximum absolute atomic E-state index is 11.2. The number of nitrogens with two attached hydrogens (primary N) is 1. The molecule has 9 heteroatoms. The Kier molecular flexibility index (Phi) is 4.67.